The number of fused-ring (bicyclic) bond motifs is 1. The summed E-state index contributed by atoms with van der Waals surface area (Å²) in [7, 11) is 1.75. The molecular formula is C16H23NO3S. The molecule has 0 spiro atoms. The summed E-state index contributed by atoms with van der Waals surface area (Å²) in [5.74, 6) is -0.785. The van der Waals surface area contributed by atoms with E-state index in [1.807, 2.05) is 0 Å². The number of carbonyl (C=O) groups excluding carboxylic acids is 1. The molecule has 21 heavy (non-hydrogen) atoms. The largest absolute Gasteiger partial charge is 0.481 e. The molecule has 1 aromatic heterocycles. The van der Waals surface area contributed by atoms with Crippen LogP contribution in [0, 0.1) is 0 Å². The zero-order valence-electron chi connectivity index (χ0n) is 12.6. The predicted molar refractivity (Wildman–Crippen MR) is 84.0 cm³/mol. The van der Waals surface area contributed by atoms with Crippen molar-refractivity contribution in [3.05, 3.63) is 21.4 Å². The lowest BCUT2D eigenvalue weighted by atomic mass is 10.00. The molecule has 0 aromatic carbocycles. The zero-order valence-corrected chi connectivity index (χ0v) is 13.4. The fraction of sp³-hybridized carbons (Fsp3) is 0.625. The van der Waals surface area contributed by atoms with Crippen LogP contribution in [0.5, 0.6) is 0 Å². The third-order valence-electron chi connectivity index (χ3n) is 3.94. The zero-order chi connectivity index (χ0) is 15.2. The van der Waals surface area contributed by atoms with E-state index >= 15 is 0 Å². The standard InChI is InChI=1S/C16H23NO3S/c1-17(10-6-9-15(18)19)16(20)14-11-12-7-4-2-3-5-8-13(12)21-14/h11H,2-10H2,1H3,(H,18,19). The third kappa shape index (κ3) is 4.56. The Bertz CT molecular complexity index is 484. The van der Waals surface area contributed by atoms with Gasteiger partial charge < -0.3 is 10.0 Å². The highest BCUT2D eigenvalue weighted by atomic mass is 32.1. The van der Waals surface area contributed by atoms with Crippen LogP contribution in [0.4, 0.5) is 0 Å². The minimum absolute atomic E-state index is 0.0251. The first-order chi connectivity index (χ1) is 10.1. The number of carboxylic acids is 1. The topological polar surface area (TPSA) is 57.6 Å². The van der Waals surface area contributed by atoms with Crippen molar-refractivity contribution in [2.24, 2.45) is 0 Å². The molecule has 0 atom stereocenters. The summed E-state index contributed by atoms with van der Waals surface area (Å²) < 4.78 is 0. The van der Waals surface area contributed by atoms with Gasteiger partial charge in [-0.3, -0.25) is 9.59 Å². The van der Waals surface area contributed by atoms with Gasteiger partial charge in [-0.05, 0) is 43.7 Å². The monoisotopic (exact) mass is 309 g/mol. The summed E-state index contributed by atoms with van der Waals surface area (Å²) in [4.78, 5) is 26.7. The summed E-state index contributed by atoms with van der Waals surface area (Å²) in [5.41, 5.74) is 1.35. The van der Waals surface area contributed by atoms with E-state index in [-0.39, 0.29) is 12.3 Å². The van der Waals surface area contributed by atoms with Crippen molar-refractivity contribution in [1.82, 2.24) is 4.90 Å². The van der Waals surface area contributed by atoms with E-state index in [1.165, 1.54) is 36.1 Å². The molecule has 0 saturated carbocycles. The quantitative estimate of drug-likeness (QED) is 0.907. The number of aryl methyl sites for hydroxylation is 2. The maximum Gasteiger partial charge on any atom is 0.303 e. The minimum Gasteiger partial charge on any atom is -0.481 e. The van der Waals surface area contributed by atoms with Crippen molar-refractivity contribution in [2.45, 2.75) is 51.4 Å². The second kappa shape index (κ2) is 7.59. The van der Waals surface area contributed by atoms with Crippen molar-refractivity contribution in [2.75, 3.05) is 13.6 Å². The number of carbonyl (C=O) groups is 2. The van der Waals surface area contributed by atoms with E-state index < -0.39 is 5.97 Å². The summed E-state index contributed by atoms with van der Waals surface area (Å²) in [5, 5.41) is 8.64. The Morgan fingerprint density at radius 1 is 1.24 bits per heavy atom. The number of carboxylic acid groups (broad SMARTS) is 1. The number of nitrogens with zero attached hydrogens (tertiary/aromatic N) is 1. The SMILES string of the molecule is CN(CCCC(=O)O)C(=O)c1cc2c(s1)CCCCCC2. The Morgan fingerprint density at radius 3 is 2.67 bits per heavy atom. The smallest absolute Gasteiger partial charge is 0.303 e. The number of amides is 1. The summed E-state index contributed by atoms with van der Waals surface area (Å²) in [6, 6.07) is 2.06. The van der Waals surface area contributed by atoms with Crippen molar-refractivity contribution in [3.63, 3.8) is 0 Å². The second-order valence-electron chi connectivity index (χ2n) is 5.70. The molecule has 4 nitrogen and oxygen atoms in total. The number of thiophene rings is 1. The summed E-state index contributed by atoms with van der Waals surface area (Å²) in [6.45, 7) is 0.494. The van der Waals surface area contributed by atoms with Gasteiger partial charge in [-0.2, -0.15) is 0 Å². The van der Waals surface area contributed by atoms with E-state index in [1.54, 1.807) is 23.3 Å². The van der Waals surface area contributed by atoms with E-state index in [0.29, 0.717) is 13.0 Å². The molecule has 1 aliphatic carbocycles. The highest BCUT2D eigenvalue weighted by molar-refractivity contribution is 7.14. The van der Waals surface area contributed by atoms with Crippen molar-refractivity contribution >= 4 is 23.2 Å². The molecular weight excluding hydrogens is 286 g/mol. The Morgan fingerprint density at radius 2 is 1.95 bits per heavy atom. The Hall–Kier alpha value is -1.36. The van der Waals surface area contributed by atoms with E-state index in [2.05, 4.69) is 6.07 Å². The van der Waals surface area contributed by atoms with Crippen molar-refractivity contribution < 1.29 is 14.7 Å². The van der Waals surface area contributed by atoms with Crippen LogP contribution in [0.1, 0.15) is 58.6 Å². The van der Waals surface area contributed by atoms with Gasteiger partial charge in [0.15, 0.2) is 0 Å². The van der Waals surface area contributed by atoms with Gasteiger partial charge in [0.1, 0.15) is 0 Å². The van der Waals surface area contributed by atoms with Gasteiger partial charge in [-0.15, -0.1) is 11.3 Å². The van der Waals surface area contributed by atoms with Crippen LogP contribution in [0.15, 0.2) is 6.07 Å². The fourth-order valence-electron chi connectivity index (χ4n) is 2.71. The molecule has 1 aliphatic rings. The van der Waals surface area contributed by atoms with E-state index in [4.69, 9.17) is 5.11 Å². The average molecular weight is 309 g/mol. The van der Waals surface area contributed by atoms with Crippen LogP contribution in [0.2, 0.25) is 0 Å². The van der Waals surface area contributed by atoms with Crippen LogP contribution in [-0.2, 0) is 17.6 Å². The highest BCUT2D eigenvalue weighted by Gasteiger charge is 2.18. The second-order valence-corrected chi connectivity index (χ2v) is 6.83. The molecule has 0 fully saturated rings. The van der Waals surface area contributed by atoms with Gasteiger partial charge in [0.25, 0.3) is 5.91 Å². The molecule has 1 aromatic rings. The lowest BCUT2D eigenvalue weighted by Crippen LogP contribution is -2.27. The molecule has 5 heteroatoms. The fourth-order valence-corrected chi connectivity index (χ4v) is 3.95. The molecule has 1 heterocycles. The maximum atomic E-state index is 12.4. The van der Waals surface area contributed by atoms with Gasteiger partial charge in [0.2, 0.25) is 0 Å². The minimum atomic E-state index is -0.810. The molecule has 1 N–H and O–H groups in total. The van der Waals surface area contributed by atoms with E-state index in [9.17, 15) is 9.59 Å². The molecule has 1 amide bonds. The first-order valence-corrected chi connectivity index (χ1v) is 8.48. The molecule has 116 valence electrons. The van der Waals surface area contributed by atoms with Gasteiger partial charge >= 0.3 is 5.97 Å². The van der Waals surface area contributed by atoms with E-state index in [0.717, 1.165) is 17.7 Å². The molecule has 0 bridgehead atoms. The lowest BCUT2D eigenvalue weighted by Gasteiger charge is -2.15. The number of aliphatic carboxylic acids is 1. The summed E-state index contributed by atoms with van der Waals surface area (Å²) in [6.07, 6.45) is 7.80. The van der Waals surface area contributed by atoms with Crippen LogP contribution in [0.25, 0.3) is 0 Å². The first kappa shape index (κ1) is 16.0. The van der Waals surface area contributed by atoms with Gasteiger partial charge in [0, 0.05) is 24.9 Å². The Kier molecular flexibility index (Phi) is 5.79. The number of hydrogen-bond donors (Lipinski definition) is 1. The van der Waals surface area contributed by atoms with Gasteiger partial charge in [-0.25, -0.2) is 0 Å². The van der Waals surface area contributed by atoms with Crippen molar-refractivity contribution in [3.8, 4) is 0 Å². The molecule has 2 rings (SSSR count). The summed E-state index contributed by atoms with van der Waals surface area (Å²) >= 11 is 1.63. The van der Waals surface area contributed by atoms with Crippen LogP contribution in [0.3, 0.4) is 0 Å². The maximum absolute atomic E-state index is 12.4. The highest BCUT2D eigenvalue weighted by Crippen LogP contribution is 2.29. The number of hydrogen-bond acceptors (Lipinski definition) is 3. The Balaban J connectivity index is 1.98. The average Bonchev–Trinajstić information content (AvgIpc) is 2.79. The van der Waals surface area contributed by atoms with Crippen molar-refractivity contribution in [1.29, 1.82) is 0 Å². The normalized spacial score (nSPS) is 14.9. The number of rotatable bonds is 5. The van der Waals surface area contributed by atoms with Gasteiger partial charge in [-0.1, -0.05) is 12.8 Å². The van der Waals surface area contributed by atoms with Crippen LogP contribution < -0.4 is 0 Å². The third-order valence-corrected chi connectivity index (χ3v) is 5.16. The van der Waals surface area contributed by atoms with Gasteiger partial charge in [0.05, 0.1) is 4.88 Å². The first-order valence-electron chi connectivity index (χ1n) is 7.67. The molecule has 0 unspecified atom stereocenters. The molecule has 0 saturated heterocycles. The van der Waals surface area contributed by atoms with Crippen LogP contribution in [-0.4, -0.2) is 35.5 Å². The lowest BCUT2D eigenvalue weighted by molar-refractivity contribution is -0.137. The molecule has 0 aliphatic heterocycles. The molecule has 0 radical (unpaired) electrons. The Labute approximate surface area is 129 Å². The predicted octanol–water partition coefficient (Wildman–Crippen LogP) is 3.34. The van der Waals surface area contributed by atoms with Crippen LogP contribution >= 0.6 is 11.3 Å².